The first-order chi connectivity index (χ1) is 7.88. The summed E-state index contributed by atoms with van der Waals surface area (Å²) in [6.07, 6.45) is -0.195. The Hall–Kier alpha value is -0.940. The summed E-state index contributed by atoms with van der Waals surface area (Å²) in [5.41, 5.74) is 1.01. The Labute approximate surface area is 95.4 Å². The quantitative estimate of drug-likeness (QED) is 0.642. The summed E-state index contributed by atoms with van der Waals surface area (Å²) in [7, 11) is 0. The summed E-state index contributed by atoms with van der Waals surface area (Å²) in [6.45, 7) is 0.948. The van der Waals surface area contributed by atoms with Crippen molar-refractivity contribution < 1.29 is 19.7 Å². The molecule has 0 radical (unpaired) electrons. The highest BCUT2D eigenvalue weighted by Gasteiger charge is 2.11. The first-order valence-electron chi connectivity index (χ1n) is 5.34. The van der Waals surface area contributed by atoms with E-state index in [1.54, 1.807) is 0 Å². The van der Waals surface area contributed by atoms with E-state index in [2.05, 4.69) is 0 Å². The molecule has 1 aromatic carbocycles. The predicted octanol–water partition coefficient (Wildman–Crippen LogP) is 0.745. The molecule has 0 saturated carbocycles. The van der Waals surface area contributed by atoms with Crippen molar-refractivity contribution in [2.75, 3.05) is 33.0 Å². The Morgan fingerprint density at radius 1 is 1.00 bits per heavy atom. The third-order valence-electron chi connectivity index (χ3n) is 2.09. The molecule has 0 spiro atoms. The fourth-order valence-electron chi connectivity index (χ4n) is 1.36. The molecule has 1 rings (SSSR count). The molecule has 1 aromatic rings. The lowest BCUT2D eigenvalue weighted by Gasteiger charge is -2.17. The third-order valence-corrected chi connectivity index (χ3v) is 2.09. The SMILES string of the molecule is OCCOCC(OCCO)c1ccccc1. The molecule has 0 aliphatic heterocycles. The van der Waals surface area contributed by atoms with Crippen LogP contribution < -0.4 is 0 Å². The lowest BCUT2D eigenvalue weighted by atomic mass is 10.1. The number of hydrogen-bond donors (Lipinski definition) is 2. The lowest BCUT2D eigenvalue weighted by Crippen LogP contribution is -2.15. The molecule has 4 nitrogen and oxygen atoms in total. The molecule has 90 valence electrons. The van der Waals surface area contributed by atoms with Crippen molar-refractivity contribution in [2.24, 2.45) is 0 Å². The molecular formula is C12H18O4. The van der Waals surface area contributed by atoms with E-state index >= 15 is 0 Å². The van der Waals surface area contributed by atoms with Gasteiger partial charge < -0.3 is 19.7 Å². The van der Waals surface area contributed by atoms with Crippen LogP contribution in [0, 0.1) is 0 Å². The molecule has 0 aliphatic rings. The molecule has 0 aliphatic carbocycles. The molecule has 0 bridgehead atoms. The van der Waals surface area contributed by atoms with Gasteiger partial charge in [0.25, 0.3) is 0 Å². The minimum absolute atomic E-state index is 0.00150. The molecule has 16 heavy (non-hydrogen) atoms. The van der Waals surface area contributed by atoms with Crippen molar-refractivity contribution in [3.8, 4) is 0 Å². The van der Waals surface area contributed by atoms with Gasteiger partial charge in [0, 0.05) is 0 Å². The average molecular weight is 226 g/mol. The van der Waals surface area contributed by atoms with E-state index in [0.717, 1.165) is 5.56 Å². The predicted molar refractivity (Wildman–Crippen MR) is 60.1 cm³/mol. The maximum atomic E-state index is 8.73. The van der Waals surface area contributed by atoms with Gasteiger partial charge in [-0.05, 0) is 5.56 Å². The van der Waals surface area contributed by atoms with Gasteiger partial charge in [-0.1, -0.05) is 30.3 Å². The molecule has 1 atom stereocenters. The average Bonchev–Trinajstić information content (AvgIpc) is 2.35. The molecule has 4 heteroatoms. The normalized spacial score (nSPS) is 12.6. The highest BCUT2D eigenvalue weighted by atomic mass is 16.5. The lowest BCUT2D eigenvalue weighted by molar-refractivity contribution is -0.0350. The first kappa shape index (κ1) is 13.1. The largest absolute Gasteiger partial charge is 0.394 e. The van der Waals surface area contributed by atoms with E-state index in [-0.39, 0.29) is 25.9 Å². The maximum Gasteiger partial charge on any atom is 0.106 e. The Balaban J connectivity index is 2.49. The molecule has 0 fully saturated rings. The van der Waals surface area contributed by atoms with E-state index in [9.17, 15) is 0 Å². The number of benzene rings is 1. The third kappa shape index (κ3) is 4.72. The molecular weight excluding hydrogens is 208 g/mol. The zero-order valence-corrected chi connectivity index (χ0v) is 9.21. The Bertz CT molecular complexity index is 263. The van der Waals surface area contributed by atoms with Gasteiger partial charge in [0.05, 0.1) is 33.0 Å². The van der Waals surface area contributed by atoms with Gasteiger partial charge in [-0.3, -0.25) is 0 Å². The fraction of sp³-hybridized carbons (Fsp3) is 0.500. The van der Waals surface area contributed by atoms with Crippen molar-refractivity contribution >= 4 is 0 Å². The number of ether oxygens (including phenoxy) is 2. The fourth-order valence-corrected chi connectivity index (χ4v) is 1.36. The van der Waals surface area contributed by atoms with Crippen molar-refractivity contribution in [1.82, 2.24) is 0 Å². The van der Waals surface area contributed by atoms with Gasteiger partial charge >= 0.3 is 0 Å². The Morgan fingerprint density at radius 3 is 2.31 bits per heavy atom. The van der Waals surface area contributed by atoms with Gasteiger partial charge in [0.1, 0.15) is 6.10 Å². The Morgan fingerprint density at radius 2 is 1.69 bits per heavy atom. The zero-order chi connectivity index (χ0) is 11.6. The molecule has 2 N–H and O–H groups in total. The highest BCUT2D eigenvalue weighted by Crippen LogP contribution is 2.17. The molecule has 1 unspecified atom stereocenters. The van der Waals surface area contributed by atoms with E-state index in [1.165, 1.54) is 0 Å². The van der Waals surface area contributed by atoms with Crippen LogP contribution in [0.2, 0.25) is 0 Å². The van der Waals surface area contributed by atoms with Crippen LogP contribution in [0.3, 0.4) is 0 Å². The Kier molecular flexibility index (Phi) is 6.76. The van der Waals surface area contributed by atoms with E-state index in [4.69, 9.17) is 19.7 Å². The monoisotopic (exact) mass is 226 g/mol. The summed E-state index contributed by atoms with van der Waals surface area (Å²) < 4.78 is 10.7. The van der Waals surface area contributed by atoms with Crippen LogP contribution in [0.5, 0.6) is 0 Å². The minimum Gasteiger partial charge on any atom is -0.394 e. The van der Waals surface area contributed by atoms with Crippen LogP contribution in [-0.4, -0.2) is 43.2 Å². The second-order valence-corrected chi connectivity index (χ2v) is 3.29. The summed E-state index contributed by atoms with van der Waals surface area (Å²) in [5.74, 6) is 0. The van der Waals surface area contributed by atoms with Crippen molar-refractivity contribution in [3.05, 3.63) is 35.9 Å². The number of hydrogen-bond acceptors (Lipinski definition) is 4. The summed E-state index contributed by atoms with van der Waals surface area (Å²) in [6, 6.07) is 9.68. The highest BCUT2D eigenvalue weighted by molar-refractivity contribution is 5.17. The van der Waals surface area contributed by atoms with E-state index < -0.39 is 0 Å². The van der Waals surface area contributed by atoms with Crippen LogP contribution in [0.15, 0.2) is 30.3 Å². The van der Waals surface area contributed by atoms with Crippen molar-refractivity contribution in [3.63, 3.8) is 0 Å². The second-order valence-electron chi connectivity index (χ2n) is 3.29. The van der Waals surface area contributed by atoms with Crippen molar-refractivity contribution in [2.45, 2.75) is 6.10 Å². The molecule has 0 saturated heterocycles. The van der Waals surface area contributed by atoms with E-state index in [1.807, 2.05) is 30.3 Å². The van der Waals surface area contributed by atoms with E-state index in [0.29, 0.717) is 13.2 Å². The van der Waals surface area contributed by atoms with Gasteiger partial charge in [0.2, 0.25) is 0 Å². The topological polar surface area (TPSA) is 58.9 Å². The standard InChI is InChI=1S/C12H18O4/c13-6-8-15-10-12(16-9-7-14)11-4-2-1-3-5-11/h1-5,12-14H,6-10H2. The van der Waals surface area contributed by atoms with Gasteiger partial charge in [-0.25, -0.2) is 0 Å². The summed E-state index contributed by atoms with van der Waals surface area (Å²) >= 11 is 0. The van der Waals surface area contributed by atoms with Gasteiger partial charge in [0.15, 0.2) is 0 Å². The molecule has 0 heterocycles. The van der Waals surface area contributed by atoms with Crippen LogP contribution >= 0.6 is 0 Å². The minimum atomic E-state index is -0.195. The second kappa shape index (κ2) is 8.24. The number of rotatable bonds is 8. The van der Waals surface area contributed by atoms with Crippen LogP contribution in [0.1, 0.15) is 11.7 Å². The summed E-state index contributed by atoms with van der Waals surface area (Å²) in [4.78, 5) is 0. The molecule has 0 amide bonds. The van der Waals surface area contributed by atoms with Crippen LogP contribution in [0.25, 0.3) is 0 Å². The first-order valence-corrected chi connectivity index (χ1v) is 5.34. The van der Waals surface area contributed by atoms with Crippen LogP contribution in [-0.2, 0) is 9.47 Å². The summed E-state index contributed by atoms with van der Waals surface area (Å²) in [5, 5.41) is 17.3. The molecule has 0 aromatic heterocycles. The smallest absolute Gasteiger partial charge is 0.106 e. The van der Waals surface area contributed by atoms with Gasteiger partial charge in [-0.15, -0.1) is 0 Å². The van der Waals surface area contributed by atoms with Gasteiger partial charge in [-0.2, -0.15) is 0 Å². The van der Waals surface area contributed by atoms with Crippen LogP contribution in [0.4, 0.5) is 0 Å². The maximum absolute atomic E-state index is 8.73. The van der Waals surface area contributed by atoms with Crippen molar-refractivity contribution in [1.29, 1.82) is 0 Å². The zero-order valence-electron chi connectivity index (χ0n) is 9.21. The number of aliphatic hydroxyl groups excluding tert-OH is 2. The number of aliphatic hydroxyl groups is 2.